The summed E-state index contributed by atoms with van der Waals surface area (Å²) in [6.45, 7) is 1.88. The zero-order chi connectivity index (χ0) is 9.97. The smallest absolute Gasteiger partial charge is 0.231 e. The van der Waals surface area contributed by atoms with Gasteiger partial charge in [-0.2, -0.15) is 9.49 Å². The van der Waals surface area contributed by atoms with Crippen LogP contribution in [0.4, 0.5) is 16.0 Å². The van der Waals surface area contributed by atoms with E-state index in [9.17, 15) is 4.39 Å². The molecule has 72 valence electrons. The van der Waals surface area contributed by atoms with E-state index < -0.39 is 5.95 Å². The van der Waals surface area contributed by atoms with E-state index in [1.54, 1.807) is 0 Å². The lowest BCUT2D eigenvalue weighted by atomic mass is 10.5. The Bertz CT molecular complexity index is 422. The van der Waals surface area contributed by atoms with E-state index in [4.69, 9.17) is 0 Å². The summed E-state index contributed by atoms with van der Waals surface area (Å²) in [5, 5.41) is 9.57. The van der Waals surface area contributed by atoms with Gasteiger partial charge in [0.25, 0.3) is 0 Å². The molecule has 0 unspecified atom stereocenters. The van der Waals surface area contributed by atoms with Crippen LogP contribution in [0.15, 0.2) is 18.5 Å². The number of aryl methyl sites for hydroxylation is 1. The number of rotatable bonds is 2. The first-order valence-electron chi connectivity index (χ1n) is 4.00. The van der Waals surface area contributed by atoms with Crippen molar-refractivity contribution in [2.24, 2.45) is 0 Å². The molecule has 0 aliphatic heterocycles. The van der Waals surface area contributed by atoms with Gasteiger partial charge in [-0.15, -0.1) is 0 Å². The van der Waals surface area contributed by atoms with Gasteiger partial charge in [-0.25, -0.2) is 9.97 Å². The molecule has 0 atom stereocenters. The lowest BCUT2D eigenvalue weighted by molar-refractivity contribution is 0.577. The molecule has 0 saturated heterocycles. The van der Waals surface area contributed by atoms with Crippen LogP contribution in [0.5, 0.6) is 0 Å². The molecule has 0 aliphatic rings. The predicted molar refractivity (Wildman–Crippen MR) is 48.6 cm³/mol. The van der Waals surface area contributed by atoms with Gasteiger partial charge in [-0.05, 0) is 6.92 Å². The van der Waals surface area contributed by atoms with Crippen LogP contribution < -0.4 is 5.32 Å². The lowest BCUT2D eigenvalue weighted by Crippen LogP contribution is -1.95. The summed E-state index contributed by atoms with van der Waals surface area (Å²) < 4.78 is 12.4. The normalized spacial score (nSPS) is 10.1. The van der Waals surface area contributed by atoms with E-state index in [0.717, 1.165) is 11.9 Å². The molecule has 2 heterocycles. The number of nitrogens with zero attached hydrogens (tertiary/aromatic N) is 3. The van der Waals surface area contributed by atoms with Gasteiger partial charge in [0.2, 0.25) is 5.95 Å². The van der Waals surface area contributed by atoms with Crippen LogP contribution in [-0.2, 0) is 0 Å². The van der Waals surface area contributed by atoms with Crippen LogP contribution in [0.25, 0.3) is 0 Å². The highest BCUT2D eigenvalue weighted by molar-refractivity contribution is 5.49. The van der Waals surface area contributed by atoms with Crippen LogP contribution in [0.3, 0.4) is 0 Å². The second kappa shape index (κ2) is 3.41. The van der Waals surface area contributed by atoms with Gasteiger partial charge in [-0.1, -0.05) is 0 Å². The molecule has 0 aromatic carbocycles. The number of aromatic amines is 1. The largest absolute Gasteiger partial charge is 0.322 e. The van der Waals surface area contributed by atoms with Crippen LogP contribution in [0.2, 0.25) is 0 Å². The molecule has 0 spiro atoms. The maximum atomic E-state index is 12.4. The van der Waals surface area contributed by atoms with Crippen LogP contribution in [0.1, 0.15) is 5.69 Å². The minimum atomic E-state index is -0.603. The first-order chi connectivity index (χ1) is 6.74. The molecule has 14 heavy (non-hydrogen) atoms. The predicted octanol–water partition coefficient (Wildman–Crippen LogP) is 1.39. The molecule has 0 saturated carbocycles. The van der Waals surface area contributed by atoms with Crippen molar-refractivity contribution in [1.82, 2.24) is 20.2 Å². The molecule has 0 radical (unpaired) electrons. The summed E-state index contributed by atoms with van der Waals surface area (Å²) in [6, 6.07) is 1.81. The monoisotopic (exact) mass is 193 g/mol. The highest BCUT2D eigenvalue weighted by Gasteiger charge is 1.99. The minimum Gasteiger partial charge on any atom is -0.322 e. The van der Waals surface area contributed by atoms with E-state index in [2.05, 4.69) is 25.5 Å². The van der Waals surface area contributed by atoms with Crippen LogP contribution in [-0.4, -0.2) is 20.2 Å². The fraction of sp³-hybridized carbons (Fsp3) is 0.125. The van der Waals surface area contributed by atoms with Crippen molar-refractivity contribution in [3.8, 4) is 0 Å². The van der Waals surface area contributed by atoms with E-state index in [1.165, 1.54) is 6.20 Å². The highest BCUT2D eigenvalue weighted by Crippen LogP contribution is 2.10. The van der Waals surface area contributed by atoms with Gasteiger partial charge < -0.3 is 5.32 Å². The second-order valence-electron chi connectivity index (χ2n) is 2.79. The summed E-state index contributed by atoms with van der Waals surface area (Å²) in [5.41, 5.74) is 0.933. The fourth-order valence-corrected chi connectivity index (χ4v) is 0.990. The molecule has 0 amide bonds. The molecule has 6 heteroatoms. The highest BCUT2D eigenvalue weighted by atomic mass is 19.1. The Kier molecular flexibility index (Phi) is 2.10. The first kappa shape index (κ1) is 8.61. The van der Waals surface area contributed by atoms with Crippen molar-refractivity contribution >= 4 is 11.6 Å². The second-order valence-corrected chi connectivity index (χ2v) is 2.79. The third-order valence-corrected chi connectivity index (χ3v) is 1.58. The van der Waals surface area contributed by atoms with Crippen LogP contribution >= 0.6 is 0 Å². The Morgan fingerprint density at radius 1 is 1.29 bits per heavy atom. The number of aromatic nitrogens is 4. The molecule has 2 aromatic rings. The van der Waals surface area contributed by atoms with Crippen molar-refractivity contribution in [3.63, 3.8) is 0 Å². The number of anilines is 2. The van der Waals surface area contributed by atoms with Gasteiger partial charge >= 0.3 is 0 Å². The molecule has 0 fully saturated rings. The molecule has 5 nitrogen and oxygen atoms in total. The molecule has 0 aliphatic carbocycles. The SMILES string of the molecule is Cc1cc(Nc2cnc(F)cn2)n[nH]1. The number of nitrogens with one attached hydrogen (secondary N) is 2. The number of H-pyrrole nitrogens is 1. The maximum Gasteiger partial charge on any atom is 0.231 e. The molecular weight excluding hydrogens is 185 g/mol. The van der Waals surface area contributed by atoms with Gasteiger partial charge in [0.05, 0.1) is 12.4 Å². The van der Waals surface area contributed by atoms with Crippen molar-refractivity contribution in [1.29, 1.82) is 0 Å². The topological polar surface area (TPSA) is 66.5 Å². The number of hydrogen-bond donors (Lipinski definition) is 2. The van der Waals surface area contributed by atoms with Gasteiger partial charge in [0.15, 0.2) is 5.82 Å². The van der Waals surface area contributed by atoms with E-state index in [1.807, 2.05) is 13.0 Å². The van der Waals surface area contributed by atoms with Gasteiger partial charge in [0, 0.05) is 11.8 Å². The summed E-state index contributed by atoms with van der Waals surface area (Å²) in [5.74, 6) is 0.482. The Morgan fingerprint density at radius 3 is 2.71 bits per heavy atom. The first-order valence-corrected chi connectivity index (χ1v) is 4.00. The van der Waals surface area contributed by atoms with Crippen molar-refractivity contribution in [2.75, 3.05) is 5.32 Å². The van der Waals surface area contributed by atoms with E-state index in [-0.39, 0.29) is 0 Å². The molecule has 2 aromatic heterocycles. The summed E-state index contributed by atoms with van der Waals surface area (Å²) >= 11 is 0. The van der Waals surface area contributed by atoms with Crippen molar-refractivity contribution < 1.29 is 4.39 Å². The third-order valence-electron chi connectivity index (χ3n) is 1.58. The Hall–Kier alpha value is -1.98. The summed E-state index contributed by atoms with van der Waals surface area (Å²) in [6.07, 6.45) is 2.35. The van der Waals surface area contributed by atoms with Gasteiger partial charge in [0.1, 0.15) is 5.82 Å². The fourth-order valence-electron chi connectivity index (χ4n) is 0.990. The van der Waals surface area contributed by atoms with Crippen molar-refractivity contribution in [2.45, 2.75) is 6.92 Å². The average Bonchev–Trinajstić information content (AvgIpc) is 2.56. The van der Waals surface area contributed by atoms with Gasteiger partial charge in [-0.3, -0.25) is 5.10 Å². The number of hydrogen-bond acceptors (Lipinski definition) is 4. The summed E-state index contributed by atoms with van der Waals surface area (Å²) in [7, 11) is 0. The number of halogens is 1. The van der Waals surface area contributed by atoms with E-state index >= 15 is 0 Å². The van der Waals surface area contributed by atoms with Crippen molar-refractivity contribution in [3.05, 3.63) is 30.1 Å². The lowest BCUT2D eigenvalue weighted by Gasteiger charge is -1.98. The maximum absolute atomic E-state index is 12.4. The zero-order valence-corrected chi connectivity index (χ0v) is 7.45. The Labute approximate surface area is 79.4 Å². The molecular formula is C8H8FN5. The van der Waals surface area contributed by atoms with E-state index in [0.29, 0.717) is 11.6 Å². The minimum absolute atomic E-state index is 0.456. The standard InChI is InChI=1S/C8H8FN5/c1-5-2-7(14-13-5)12-8-4-10-6(9)3-11-8/h2-4H,1H3,(H2,11,12,13,14). The third kappa shape index (κ3) is 1.85. The quantitative estimate of drug-likeness (QED) is 0.756. The Balaban J connectivity index is 2.15. The molecule has 0 bridgehead atoms. The molecule has 2 rings (SSSR count). The summed E-state index contributed by atoms with van der Waals surface area (Å²) in [4.78, 5) is 7.23. The van der Waals surface area contributed by atoms with Crippen LogP contribution in [0, 0.1) is 12.9 Å². The Morgan fingerprint density at radius 2 is 2.14 bits per heavy atom. The average molecular weight is 193 g/mol. The zero-order valence-electron chi connectivity index (χ0n) is 7.45. The molecule has 2 N–H and O–H groups in total.